The maximum atomic E-state index is 13.9. The van der Waals surface area contributed by atoms with Crippen LogP contribution < -0.4 is 19.6 Å². The third-order valence-electron chi connectivity index (χ3n) is 6.69. The van der Waals surface area contributed by atoms with E-state index in [2.05, 4.69) is 4.99 Å². The topological polar surface area (TPSA) is 126 Å². The van der Waals surface area contributed by atoms with Gasteiger partial charge in [0.25, 0.3) is 11.2 Å². The molecule has 3 heterocycles. The summed E-state index contributed by atoms with van der Waals surface area (Å²) in [6, 6.07) is 14.5. The predicted octanol–water partition coefficient (Wildman–Crippen LogP) is 5.06. The van der Waals surface area contributed by atoms with Gasteiger partial charge in [0.1, 0.15) is 17.3 Å². The van der Waals surface area contributed by atoms with E-state index in [1.54, 1.807) is 57.2 Å². The number of allylic oxidation sites excluding steroid dienone is 1. The van der Waals surface area contributed by atoms with Crippen LogP contribution in [0.2, 0.25) is 0 Å². The smallest absolute Gasteiger partial charge is 0.338 e. The molecule has 0 radical (unpaired) electrons. The Labute approximate surface area is 245 Å². The minimum absolute atomic E-state index is 0.0432. The number of nitro groups is 1. The SMILES string of the molecule is CCOc1ccc([C@@H]2C(C(=O)OC(C)C)=C(C)N=c3s/c(=C/c4ccc(-c5cc([N+](=O)[O-])ccc5C)o4)c(=O)n32)cc1. The first-order chi connectivity index (χ1) is 20.1. The number of rotatable bonds is 8. The normalized spacial score (nSPS) is 15.0. The van der Waals surface area contributed by atoms with E-state index in [-0.39, 0.29) is 22.9 Å². The third kappa shape index (κ3) is 5.55. The molecule has 4 aromatic rings. The highest BCUT2D eigenvalue weighted by Crippen LogP contribution is 2.32. The number of aromatic nitrogens is 1. The van der Waals surface area contributed by atoms with E-state index in [0.717, 1.165) is 5.56 Å². The number of carbonyl (C=O) groups is 1. The highest BCUT2D eigenvalue weighted by molar-refractivity contribution is 7.07. The largest absolute Gasteiger partial charge is 0.494 e. The van der Waals surface area contributed by atoms with E-state index in [1.165, 1.54) is 28.0 Å². The number of fused-ring (bicyclic) bond motifs is 1. The lowest BCUT2D eigenvalue weighted by molar-refractivity contribution is -0.384. The molecule has 5 rings (SSSR count). The Morgan fingerprint density at radius 2 is 1.90 bits per heavy atom. The predicted molar refractivity (Wildman–Crippen MR) is 158 cm³/mol. The quantitative estimate of drug-likeness (QED) is 0.160. The zero-order valence-electron chi connectivity index (χ0n) is 23.7. The minimum atomic E-state index is -0.759. The van der Waals surface area contributed by atoms with Gasteiger partial charge in [-0.15, -0.1) is 0 Å². The molecule has 0 bridgehead atoms. The number of thiazole rings is 1. The molecule has 11 heteroatoms. The van der Waals surface area contributed by atoms with Crippen LogP contribution in [0.15, 0.2) is 80.1 Å². The van der Waals surface area contributed by atoms with Crippen molar-refractivity contribution in [3.05, 3.63) is 113 Å². The minimum Gasteiger partial charge on any atom is -0.494 e. The van der Waals surface area contributed by atoms with Crippen molar-refractivity contribution in [2.75, 3.05) is 6.61 Å². The highest BCUT2D eigenvalue weighted by atomic mass is 32.1. The first-order valence-corrected chi connectivity index (χ1v) is 14.2. The number of nitrogens with zero attached hydrogens (tertiary/aromatic N) is 3. The number of ether oxygens (including phenoxy) is 2. The van der Waals surface area contributed by atoms with Crippen molar-refractivity contribution in [3.8, 4) is 17.1 Å². The summed E-state index contributed by atoms with van der Waals surface area (Å²) in [4.78, 5) is 43.0. The Balaban J connectivity index is 1.61. The van der Waals surface area contributed by atoms with Crippen molar-refractivity contribution < 1.29 is 23.6 Å². The van der Waals surface area contributed by atoms with Crippen LogP contribution in [0.3, 0.4) is 0 Å². The number of hydrogen-bond acceptors (Lipinski definition) is 9. The third-order valence-corrected chi connectivity index (χ3v) is 7.67. The molecular weight excluding hydrogens is 558 g/mol. The van der Waals surface area contributed by atoms with E-state index >= 15 is 0 Å². The monoisotopic (exact) mass is 587 g/mol. The van der Waals surface area contributed by atoms with Crippen LogP contribution in [-0.2, 0) is 9.53 Å². The molecule has 0 amide bonds. The van der Waals surface area contributed by atoms with Gasteiger partial charge in [-0.1, -0.05) is 29.5 Å². The second kappa shape index (κ2) is 11.6. The molecule has 216 valence electrons. The van der Waals surface area contributed by atoms with E-state index in [0.29, 0.717) is 50.0 Å². The Kier molecular flexibility index (Phi) is 7.95. The van der Waals surface area contributed by atoms with Crippen LogP contribution in [0.4, 0.5) is 5.69 Å². The first-order valence-electron chi connectivity index (χ1n) is 13.4. The molecule has 0 saturated heterocycles. The number of aryl methyl sites for hydroxylation is 1. The molecule has 2 aromatic carbocycles. The molecule has 0 fully saturated rings. The van der Waals surface area contributed by atoms with Gasteiger partial charge in [-0.25, -0.2) is 9.79 Å². The zero-order chi connectivity index (χ0) is 30.1. The number of esters is 1. The number of nitro benzene ring substituents is 1. The van der Waals surface area contributed by atoms with Crippen molar-refractivity contribution in [2.24, 2.45) is 4.99 Å². The van der Waals surface area contributed by atoms with E-state index < -0.39 is 16.9 Å². The summed E-state index contributed by atoms with van der Waals surface area (Å²) >= 11 is 1.18. The molecular formula is C31H29N3O7S. The summed E-state index contributed by atoms with van der Waals surface area (Å²) in [7, 11) is 0. The lowest BCUT2D eigenvalue weighted by Crippen LogP contribution is -2.40. The van der Waals surface area contributed by atoms with Crippen LogP contribution in [-0.4, -0.2) is 28.2 Å². The standard InChI is InChI=1S/C31H29N3O7S/c1-6-39-22-11-8-20(9-12-22)28-27(30(36)40-17(2)3)19(5)32-31-33(28)29(35)26(42-31)16-23-13-14-25(41-23)24-15-21(34(37)38)10-7-18(24)4/h7-17,28H,6H2,1-5H3/b26-16+/t28-/m1/s1. The van der Waals surface area contributed by atoms with Gasteiger partial charge in [-0.2, -0.15) is 0 Å². The second-order valence-corrected chi connectivity index (χ2v) is 11.0. The molecule has 0 saturated carbocycles. The fourth-order valence-corrected chi connectivity index (χ4v) is 5.81. The lowest BCUT2D eigenvalue weighted by atomic mass is 9.96. The number of carbonyl (C=O) groups excluding carboxylic acids is 1. The van der Waals surface area contributed by atoms with E-state index in [4.69, 9.17) is 13.9 Å². The van der Waals surface area contributed by atoms with Gasteiger partial charge in [-0.3, -0.25) is 19.5 Å². The van der Waals surface area contributed by atoms with Crippen molar-refractivity contribution in [2.45, 2.75) is 46.8 Å². The summed E-state index contributed by atoms with van der Waals surface area (Å²) in [5.74, 6) is 0.974. The molecule has 0 aliphatic carbocycles. The molecule has 0 unspecified atom stereocenters. The number of non-ortho nitro benzene ring substituents is 1. The lowest BCUT2D eigenvalue weighted by Gasteiger charge is -2.25. The van der Waals surface area contributed by atoms with Gasteiger partial charge >= 0.3 is 5.97 Å². The van der Waals surface area contributed by atoms with Crippen LogP contribution in [0.25, 0.3) is 17.4 Å². The zero-order valence-corrected chi connectivity index (χ0v) is 24.6. The van der Waals surface area contributed by atoms with Crippen molar-refractivity contribution >= 4 is 29.1 Å². The molecule has 0 N–H and O–H groups in total. The molecule has 42 heavy (non-hydrogen) atoms. The molecule has 2 aromatic heterocycles. The van der Waals surface area contributed by atoms with Crippen LogP contribution in [0.5, 0.6) is 5.75 Å². The first kappa shape index (κ1) is 28.7. The molecule has 0 spiro atoms. The summed E-state index contributed by atoms with van der Waals surface area (Å²) in [5, 5.41) is 11.3. The van der Waals surface area contributed by atoms with Crippen molar-refractivity contribution in [1.29, 1.82) is 0 Å². The molecule has 1 aliphatic rings. The van der Waals surface area contributed by atoms with Crippen LogP contribution in [0, 0.1) is 17.0 Å². The average Bonchev–Trinajstić information content (AvgIpc) is 3.52. The summed E-state index contributed by atoms with van der Waals surface area (Å²) in [6.07, 6.45) is 1.26. The van der Waals surface area contributed by atoms with Gasteiger partial charge in [0.2, 0.25) is 0 Å². The Morgan fingerprint density at radius 1 is 1.17 bits per heavy atom. The maximum absolute atomic E-state index is 13.9. The number of benzene rings is 2. The molecule has 10 nitrogen and oxygen atoms in total. The number of furan rings is 1. The van der Waals surface area contributed by atoms with Crippen molar-refractivity contribution in [1.82, 2.24) is 4.57 Å². The van der Waals surface area contributed by atoms with Gasteiger partial charge < -0.3 is 13.9 Å². The van der Waals surface area contributed by atoms with Crippen LogP contribution in [0.1, 0.15) is 50.6 Å². The fourth-order valence-electron chi connectivity index (χ4n) is 4.78. The highest BCUT2D eigenvalue weighted by Gasteiger charge is 2.34. The summed E-state index contributed by atoms with van der Waals surface area (Å²) in [5.41, 5.74) is 2.47. The molecule has 1 aliphatic heterocycles. The van der Waals surface area contributed by atoms with E-state index in [9.17, 15) is 19.7 Å². The Bertz CT molecular complexity index is 1900. The average molecular weight is 588 g/mol. The van der Waals surface area contributed by atoms with Crippen molar-refractivity contribution in [3.63, 3.8) is 0 Å². The fraction of sp³-hybridized carbons (Fsp3) is 0.258. The molecule has 1 atom stereocenters. The Hall–Kier alpha value is -4.77. The number of hydrogen-bond donors (Lipinski definition) is 0. The van der Waals surface area contributed by atoms with Gasteiger partial charge in [0, 0.05) is 23.8 Å². The van der Waals surface area contributed by atoms with Gasteiger partial charge in [0.15, 0.2) is 4.80 Å². The Morgan fingerprint density at radius 3 is 2.57 bits per heavy atom. The van der Waals surface area contributed by atoms with Gasteiger partial charge in [0.05, 0.1) is 39.5 Å². The maximum Gasteiger partial charge on any atom is 0.338 e. The summed E-state index contributed by atoms with van der Waals surface area (Å²) < 4.78 is 19.0. The van der Waals surface area contributed by atoms with E-state index in [1.807, 2.05) is 26.0 Å². The summed E-state index contributed by atoms with van der Waals surface area (Å²) in [6.45, 7) is 9.50. The van der Waals surface area contributed by atoms with Crippen LogP contribution >= 0.6 is 11.3 Å². The second-order valence-electron chi connectivity index (χ2n) is 10.00. The van der Waals surface area contributed by atoms with Gasteiger partial charge in [-0.05, 0) is 70.0 Å².